The molecule has 6 heterocycles. The van der Waals surface area contributed by atoms with Crippen molar-refractivity contribution in [3.63, 3.8) is 0 Å². The molecule has 0 atom stereocenters. The fourth-order valence-corrected chi connectivity index (χ4v) is 7.71. The van der Waals surface area contributed by atoms with Gasteiger partial charge in [0.1, 0.15) is 28.0 Å². The molecule has 6 aromatic heterocycles. The van der Waals surface area contributed by atoms with Crippen molar-refractivity contribution >= 4 is 127 Å². The van der Waals surface area contributed by atoms with Crippen molar-refractivity contribution in [2.45, 2.75) is 34.6 Å². The first-order valence-corrected chi connectivity index (χ1v) is 21.4. The Morgan fingerprint density at radius 2 is 0.912 bits per heavy atom. The lowest BCUT2D eigenvalue weighted by Gasteiger charge is -2.17. The van der Waals surface area contributed by atoms with Crippen LogP contribution in [0, 0.1) is 11.1 Å². The first-order chi connectivity index (χ1) is 26.6. The van der Waals surface area contributed by atoms with Gasteiger partial charge in [-0.3, -0.25) is 22.8 Å². The zero-order valence-electron chi connectivity index (χ0n) is 32.5. The number of hydrogen-bond donors (Lipinski definition) is 2. The lowest BCUT2D eigenvalue weighted by atomic mass is 10.4. The number of fused-ring (bicyclic) bond motifs is 3. The van der Waals surface area contributed by atoms with Gasteiger partial charge in [-0.15, -0.1) is 24.8 Å². The van der Waals surface area contributed by atoms with Crippen LogP contribution in [0.5, 0.6) is 0 Å². The summed E-state index contributed by atoms with van der Waals surface area (Å²) in [7, 11) is 0. The molecule has 0 aliphatic heterocycles. The van der Waals surface area contributed by atoms with Gasteiger partial charge in [-0.05, 0) is 137 Å². The Hall–Kier alpha value is -2.83. The second-order valence-corrected chi connectivity index (χ2v) is 14.9. The van der Waals surface area contributed by atoms with Crippen LogP contribution < -0.4 is 10.6 Å². The van der Waals surface area contributed by atoms with E-state index in [1.54, 1.807) is 6.92 Å². The van der Waals surface area contributed by atoms with E-state index in [1.165, 1.54) is 0 Å². The SMILES string of the molecule is CCN(CC)CCNC(=O)c1nc2ccccn2c1I.CCN(CC)CCNC(=O)c1nc2ccccn2c1I.CCOC(=O)c1nc2ccccn2c1I.Cl.Cl. The average molecular weight is 1160 g/mol. The number of carbonyl (C=O) groups excluding carboxylic acids is 3. The van der Waals surface area contributed by atoms with Crippen molar-refractivity contribution in [2.75, 3.05) is 59.0 Å². The van der Waals surface area contributed by atoms with Crippen LogP contribution >= 0.6 is 92.6 Å². The van der Waals surface area contributed by atoms with Crippen LogP contribution in [0.4, 0.5) is 0 Å². The van der Waals surface area contributed by atoms with Gasteiger partial charge >= 0.3 is 5.97 Å². The van der Waals surface area contributed by atoms with Crippen LogP contribution in [0.15, 0.2) is 73.2 Å². The van der Waals surface area contributed by atoms with Gasteiger partial charge in [0.05, 0.1) is 6.61 Å². The molecule has 6 rings (SSSR count). The average Bonchev–Trinajstić information content (AvgIpc) is 3.86. The van der Waals surface area contributed by atoms with Crippen molar-refractivity contribution < 1.29 is 19.1 Å². The number of rotatable bonds is 14. The molecule has 0 fully saturated rings. The molecular weight excluding hydrogens is 1110 g/mol. The van der Waals surface area contributed by atoms with Crippen LogP contribution in [-0.4, -0.2) is 115 Å². The number of carbonyl (C=O) groups is 3. The number of pyridine rings is 3. The fourth-order valence-electron chi connectivity index (χ4n) is 5.42. The summed E-state index contributed by atoms with van der Waals surface area (Å²) >= 11 is 6.40. The van der Waals surface area contributed by atoms with Crippen LogP contribution in [-0.2, 0) is 4.74 Å². The number of imidazole rings is 3. The van der Waals surface area contributed by atoms with E-state index in [9.17, 15) is 14.4 Å². The normalized spacial score (nSPS) is 10.6. The summed E-state index contributed by atoms with van der Waals surface area (Å²) in [6.07, 6.45) is 5.69. The number of nitrogens with zero attached hydrogens (tertiary/aromatic N) is 8. The van der Waals surface area contributed by atoms with Crippen LogP contribution in [0.3, 0.4) is 0 Å². The third-order valence-electron chi connectivity index (χ3n) is 8.53. The van der Waals surface area contributed by atoms with E-state index in [0.717, 1.165) is 67.3 Å². The quantitative estimate of drug-likeness (QED) is 0.0873. The number of aromatic nitrogens is 6. The van der Waals surface area contributed by atoms with Crippen molar-refractivity contribution in [3.8, 4) is 0 Å². The standard InChI is InChI=1S/2C14H19IN4O.C10H9IN2O2.2ClH/c2*1-3-18(4-2)10-8-16-14(20)12-13(15)19-9-6-5-7-11(19)17-12;1-2-15-10(14)8-9(11)13-6-4-3-5-7(13)12-8;;/h2*5-7,9H,3-4,8,10H2,1-2H3,(H,16,20);3-6H,2H2,1H3;2*1H. The molecule has 14 nitrogen and oxygen atoms in total. The molecule has 310 valence electrons. The maximum Gasteiger partial charge on any atom is 0.359 e. The Balaban J connectivity index is 0.000000293. The minimum absolute atomic E-state index is 0. The van der Waals surface area contributed by atoms with Gasteiger partial charge in [0, 0.05) is 44.8 Å². The minimum atomic E-state index is -0.370. The van der Waals surface area contributed by atoms with Crippen molar-refractivity contribution in [1.82, 2.24) is 48.6 Å². The van der Waals surface area contributed by atoms with Crippen molar-refractivity contribution in [1.29, 1.82) is 0 Å². The third-order valence-corrected chi connectivity index (χ3v) is 11.6. The Morgan fingerprint density at radius 3 is 1.23 bits per heavy atom. The Bertz CT molecular complexity index is 2080. The largest absolute Gasteiger partial charge is 0.461 e. The molecule has 6 aromatic rings. The topological polar surface area (TPSA) is 143 Å². The lowest BCUT2D eigenvalue weighted by Crippen LogP contribution is -2.35. The first kappa shape index (κ1) is 50.3. The number of amides is 2. The summed E-state index contributed by atoms with van der Waals surface area (Å²) in [5, 5.41) is 5.88. The number of halogens is 5. The highest BCUT2D eigenvalue weighted by Crippen LogP contribution is 2.17. The summed E-state index contributed by atoms with van der Waals surface area (Å²) in [4.78, 5) is 53.4. The van der Waals surface area contributed by atoms with Crippen LogP contribution in [0.25, 0.3) is 16.9 Å². The van der Waals surface area contributed by atoms with Gasteiger partial charge in [0.15, 0.2) is 17.1 Å². The number of ether oxygens (including phenoxy) is 1. The maximum atomic E-state index is 12.2. The number of esters is 1. The predicted molar refractivity (Wildman–Crippen MR) is 254 cm³/mol. The molecule has 2 N–H and O–H groups in total. The van der Waals surface area contributed by atoms with E-state index < -0.39 is 0 Å². The molecule has 0 unspecified atom stereocenters. The van der Waals surface area contributed by atoms with E-state index in [0.29, 0.717) is 36.8 Å². The Morgan fingerprint density at radius 1 is 0.579 bits per heavy atom. The zero-order chi connectivity index (χ0) is 39.9. The van der Waals surface area contributed by atoms with Gasteiger partial charge in [-0.25, -0.2) is 19.7 Å². The van der Waals surface area contributed by atoms with E-state index in [-0.39, 0.29) is 42.6 Å². The van der Waals surface area contributed by atoms with Gasteiger partial charge < -0.3 is 25.2 Å². The van der Waals surface area contributed by atoms with Crippen LogP contribution in [0.1, 0.15) is 66.1 Å². The highest BCUT2D eigenvalue weighted by molar-refractivity contribution is 14.1. The van der Waals surface area contributed by atoms with E-state index >= 15 is 0 Å². The highest BCUT2D eigenvalue weighted by atomic mass is 127. The van der Waals surface area contributed by atoms with Gasteiger partial charge in [0.25, 0.3) is 11.8 Å². The molecule has 2 amide bonds. The summed E-state index contributed by atoms with van der Waals surface area (Å²) in [6, 6.07) is 17.1. The zero-order valence-corrected chi connectivity index (χ0v) is 40.6. The molecule has 19 heteroatoms. The van der Waals surface area contributed by atoms with Crippen molar-refractivity contribution in [3.05, 3.63) is 101 Å². The molecule has 0 aliphatic rings. The summed E-state index contributed by atoms with van der Waals surface area (Å²) in [6.45, 7) is 17.6. The molecular formula is C38H49Cl2I3N10O4. The maximum absolute atomic E-state index is 12.2. The molecule has 0 radical (unpaired) electrons. The van der Waals surface area contributed by atoms with Crippen LogP contribution in [0.2, 0.25) is 0 Å². The number of nitrogens with one attached hydrogen (secondary N) is 2. The van der Waals surface area contributed by atoms with Gasteiger partial charge in [-0.2, -0.15) is 0 Å². The number of likely N-dealkylation sites (N-methyl/N-ethyl adjacent to an activating group) is 2. The van der Waals surface area contributed by atoms with Crippen molar-refractivity contribution in [2.24, 2.45) is 0 Å². The highest BCUT2D eigenvalue weighted by Gasteiger charge is 2.19. The van der Waals surface area contributed by atoms with E-state index in [2.05, 4.69) is 131 Å². The minimum Gasteiger partial charge on any atom is -0.461 e. The van der Waals surface area contributed by atoms with E-state index in [1.807, 2.05) is 86.4 Å². The Labute approximate surface area is 386 Å². The molecule has 0 aromatic carbocycles. The second-order valence-electron chi connectivity index (χ2n) is 11.8. The third kappa shape index (κ3) is 13.6. The summed E-state index contributed by atoms with van der Waals surface area (Å²) in [5.41, 5.74) is 3.72. The molecule has 0 spiro atoms. The summed E-state index contributed by atoms with van der Waals surface area (Å²) in [5.74, 6) is -0.582. The molecule has 0 aliphatic carbocycles. The predicted octanol–water partition coefficient (Wildman–Crippen LogP) is 6.98. The second kappa shape index (κ2) is 25.6. The molecule has 57 heavy (non-hydrogen) atoms. The Kier molecular flexibility index (Phi) is 22.6. The molecule has 0 saturated heterocycles. The summed E-state index contributed by atoms with van der Waals surface area (Å²) < 4.78 is 13.1. The number of hydrogen-bond acceptors (Lipinski definition) is 9. The first-order valence-electron chi connectivity index (χ1n) is 18.1. The molecule has 0 bridgehead atoms. The lowest BCUT2D eigenvalue weighted by molar-refractivity contribution is 0.0518. The smallest absolute Gasteiger partial charge is 0.359 e. The fraction of sp³-hybridized carbons (Fsp3) is 0.368. The van der Waals surface area contributed by atoms with Gasteiger partial charge in [-0.1, -0.05) is 45.9 Å². The van der Waals surface area contributed by atoms with E-state index in [4.69, 9.17) is 4.74 Å². The van der Waals surface area contributed by atoms with Gasteiger partial charge in [0.2, 0.25) is 0 Å². The monoisotopic (exact) mass is 1160 g/mol. The molecule has 0 saturated carbocycles.